The molecule has 0 bridgehead atoms. The second-order valence-corrected chi connectivity index (χ2v) is 10.2. The maximum absolute atomic E-state index is 14.6. The first-order valence-electron chi connectivity index (χ1n) is 11.2. The second-order valence-electron chi connectivity index (χ2n) is 8.08. The van der Waals surface area contributed by atoms with E-state index in [1.54, 1.807) is 31.2 Å². The number of nitrogens with one attached hydrogen (secondary N) is 1. The Morgan fingerprint density at radius 2 is 1.71 bits per heavy atom. The van der Waals surface area contributed by atoms with Crippen molar-refractivity contribution in [3.8, 4) is 5.75 Å². The average Bonchev–Trinajstić information content (AvgIpc) is 2.84. The number of rotatable bonds is 12. The topological polar surface area (TPSA) is 99.3 Å². The summed E-state index contributed by atoms with van der Waals surface area (Å²) in [6, 6.07) is 11.4. The van der Waals surface area contributed by atoms with Crippen LogP contribution in [-0.2, 0) is 26.3 Å². The third kappa shape index (κ3) is 7.15. The van der Waals surface area contributed by atoms with Crippen molar-refractivity contribution in [2.24, 2.45) is 0 Å². The van der Waals surface area contributed by atoms with Crippen LogP contribution in [0.15, 0.2) is 48.5 Å². The van der Waals surface area contributed by atoms with Crippen molar-refractivity contribution in [1.82, 2.24) is 14.5 Å². The van der Waals surface area contributed by atoms with Gasteiger partial charge in [0.1, 0.15) is 24.2 Å². The Morgan fingerprint density at radius 3 is 2.26 bits per heavy atom. The molecule has 0 fully saturated rings. The number of anilines is 1. The van der Waals surface area contributed by atoms with Gasteiger partial charge in [-0.2, -0.15) is 12.7 Å². The van der Waals surface area contributed by atoms with Gasteiger partial charge in [-0.25, -0.2) is 8.70 Å². The van der Waals surface area contributed by atoms with Crippen molar-refractivity contribution in [3.05, 3.63) is 59.9 Å². The van der Waals surface area contributed by atoms with E-state index in [0.717, 1.165) is 10.4 Å². The minimum Gasteiger partial charge on any atom is -0.497 e. The molecule has 0 aliphatic carbocycles. The zero-order valence-corrected chi connectivity index (χ0v) is 21.5. The Hall–Kier alpha value is -3.18. The summed E-state index contributed by atoms with van der Waals surface area (Å²) in [7, 11) is -0.0974. The van der Waals surface area contributed by atoms with Crippen molar-refractivity contribution in [3.63, 3.8) is 0 Å². The summed E-state index contributed by atoms with van der Waals surface area (Å²) in [5, 5.41) is 2.76. The molecule has 1 atom stereocenters. The molecule has 1 N–H and O–H groups in total. The molecule has 2 aromatic rings. The van der Waals surface area contributed by atoms with E-state index in [-0.39, 0.29) is 18.1 Å². The Kier molecular flexibility index (Phi) is 10.0. The summed E-state index contributed by atoms with van der Waals surface area (Å²) in [6.07, 6.45) is 0.715. The smallest absolute Gasteiger partial charge is 0.304 e. The molecule has 2 rings (SSSR count). The number of para-hydroxylation sites is 1. The highest BCUT2D eigenvalue weighted by molar-refractivity contribution is 7.90. The molecular formula is C24H33FN4O5S. The monoisotopic (exact) mass is 508 g/mol. The maximum atomic E-state index is 14.6. The molecule has 0 heterocycles. The molecule has 0 aliphatic heterocycles. The van der Waals surface area contributed by atoms with Crippen LogP contribution >= 0.6 is 0 Å². The molecular weight excluding hydrogens is 475 g/mol. The van der Waals surface area contributed by atoms with Gasteiger partial charge in [0.05, 0.1) is 12.8 Å². The fourth-order valence-electron chi connectivity index (χ4n) is 3.26. The van der Waals surface area contributed by atoms with E-state index in [1.165, 1.54) is 44.3 Å². The molecule has 2 aromatic carbocycles. The molecule has 35 heavy (non-hydrogen) atoms. The zero-order valence-electron chi connectivity index (χ0n) is 20.7. The first kappa shape index (κ1) is 28.1. The Balaban J connectivity index is 2.44. The predicted molar refractivity (Wildman–Crippen MR) is 133 cm³/mol. The fraction of sp³-hybridized carbons (Fsp3) is 0.417. The van der Waals surface area contributed by atoms with Gasteiger partial charge in [0.15, 0.2) is 0 Å². The number of halogens is 1. The highest BCUT2D eigenvalue weighted by Gasteiger charge is 2.33. The lowest BCUT2D eigenvalue weighted by Crippen LogP contribution is -2.52. The van der Waals surface area contributed by atoms with Gasteiger partial charge in [0, 0.05) is 27.2 Å². The van der Waals surface area contributed by atoms with Crippen molar-refractivity contribution in [2.45, 2.75) is 32.9 Å². The zero-order chi connectivity index (χ0) is 26.2. The minimum atomic E-state index is -4.22. The van der Waals surface area contributed by atoms with Crippen LogP contribution in [0.5, 0.6) is 5.75 Å². The molecule has 0 aliphatic rings. The summed E-state index contributed by atoms with van der Waals surface area (Å²) < 4.78 is 47.5. The minimum absolute atomic E-state index is 0.0384. The Labute approximate surface area is 206 Å². The van der Waals surface area contributed by atoms with Crippen molar-refractivity contribution in [1.29, 1.82) is 0 Å². The van der Waals surface area contributed by atoms with Crippen LogP contribution in [0.4, 0.5) is 10.1 Å². The van der Waals surface area contributed by atoms with Gasteiger partial charge in [0.2, 0.25) is 11.8 Å². The molecule has 2 amide bonds. The van der Waals surface area contributed by atoms with Crippen LogP contribution in [0.2, 0.25) is 0 Å². The van der Waals surface area contributed by atoms with Gasteiger partial charge in [0.25, 0.3) is 0 Å². The largest absolute Gasteiger partial charge is 0.497 e. The third-order valence-corrected chi connectivity index (χ3v) is 7.17. The van der Waals surface area contributed by atoms with E-state index < -0.39 is 34.5 Å². The number of carbonyl (C=O) groups excluding carboxylic acids is 2. The van der Waals surface area contributed by atoms with E-state index in [1.807, 2.05) is 6.92 Å². The lowest BCUT2D eigenvalue weighted by Gasteiger charge is -2.33. The summed E-state index contributed by atoms with van der Waals surface area (Å²) >= 11 is 0. The predicted octanol–water partition coefficient (Wildman–Crippen LogP) is 2.39. The summed E-state index contributed by atoms with van der Waals surface area (Å²) in [4.78, 5) is 27.5. The lowest BCUT2D eigenvalue weighted by molar-refractivity contribution is -0.139. The molecule has 9 nitrogen and oxygen atoms in total. The standard InChI is InChI=1S/C24H33FN4O5S/c1-6-15-26-24(31)18(2)28(16-19-11-13-20(34-5)14-12-19)23(30)17-29(35(32,33)27(3)4)22-10-8-7-9-21(22)25/h7-14,18H,6,15-17H2,1-5H3,(H,26,31). The number of ether oxygens (including phenoxy) is 1. The summed E-state index contributed by atoms with van der Waals surface area (Å²) in [5.41, 5.74) is 0.448. The van der Waals surface area contributed by atoms with E-state index >= 15 is 0 Å². The van der Waals surface area contributed by atoms with Gasteiger partial charge in [-0.3, -0.25) is 9.59 Å². The van der Waals surface area contributed by atoms with Crippen LogP contribution in [0, 0.1) is 5.82 Å². The molecule has 192 valence electrons. The fourth-order valence-corrected chi connectivity index (χ4v) is 4.33. The van der Waals surface area contributed by atoms with Gasteiger partial charge in [-0.1, -0.05) is 31.2 Å². The van der Waals surface area contributed by atoms with Gasteiger partial charge >= 0.3 is 10.2 Å². The first-order chi connectivity index (χ1) is 16.5. The van der Waals surface area contributed by atoms with Crippen molar-refractivity contribution >= 4 is 27.7 Å². The summed E-state index contributed by atoms with van der Waals surface area (Å²) in [6.45, 7) is 3.26. The SMILES string of the molecule is CCCNC(=O)C(C)N(Cc1ccc(OC)cc1)C(=O)CN(c1ccccc1F)S(=O)(=O)N(C)C. The maximum Gasteiger partial charge on any atom is 0.304 e. The normalized spacial score (nSPS) is 12.2. The van der Waals surface area contributed by atoms with Crippen molar-refractivity contribution in [2.75, 3.05) is 38.6 Å². The Bertz CT molecular complexity index is 1110. The first-order valence-corrected chi connectivity index (χ1v) is 12.6. The quantitative estimate of drug-likeness (QED) is 0.475. The van der Waals surface area contributed by atoms with Crippen LogP contribution < -0.4 is 14.4 Å². The number of hydrogen-bond acceptors (Lipinski definition) is 5. The molecule has 0 saturated carbocycles. The molecule has 0 spiro atoms. The van der Waals surface area contributed by atoms with Crippen LogP contribution in [0.25, 0.3) is 0 Å². The number of amides is 2. The van der Waals surface area contributed by atoms with Gasteiger partial charge in [-0.05, 0) is 43.2 Å². The van der Waals surface area contributed by atoms with E-state index in [0.29, 0.717) is 28.6 Å². The molecule has 0 radical (unpaired) electrons. The second kappa shape index (κ2) is 12.5. The van der Waals surface area contributed by atoms with Gasteiger partial charge < -0.3 is 15.0 Å². The van der Waals surface area contributed by atoms with Crippen LogP contribution in [-0.4, -0.2) is 69.8 Å². The van der Waals surface area contributed by atoms with E-state index in [2.05, 4.69) is 5.32 Å². The molecule has 11 heteroatoms. The summed E-state index contributed by atoms with van der Waals surface area (Å²) in [5.74, 6) is -1.19. The number of carbonyl (C=O) groups is 2. The average molecular weight is 509 g/mol. The number of methoxy groups -OCH3 is 1. The molecule has 1 unspecified atom stereocenters. The number of benzene rings is 2. The van der Waals surface area contributed by atoms with Gasteiger partial charge in [-0.15, -0.1) is 0 Å². The van der Waals surface area contributed by atoms with E-state index in [9.17, 15) is 22.4 Å². The van der Waals surface area contributed by atoms with E-state index in [4.69, 9.17) is 4.74 Å². The highest BCUT2D eigenvalue weighted by Crippen LogP contribution is 2.24. The van der Waals surface area contributed by atoms with Crippen LogP contribution in [0.1, 0.15) is 25.8 Å². The van der Waals surface area contributed by atoms with Crippen LogP contribution in [0.3, 0.4) is 0 Å². The lowest BCUT2D eigenvalue weighted by atomic mass is 10.1. The number of hydrogen-bond donors (Lipinski definition) is 1. The third-order valence-electron chi connectivity index (χ3n) is 5.37. The highest BCUT2D eigenvalue weighted by atomic mass is 32.2. The van der Waals surface area contributed by atoms with Crippen molar-refractivity contribution < 1.29 is 27.1 Å². The number of nitrogens with zero attached hydrogens (tertiary/aromatic N) is 3. The molecule has 0 aromatic heterocycles. The Morgan fingerprint density at radius 1 is 1.09 bits per heavy atom. The molecule has 0 saturated heterocycles.